The zero-order chi connectivity index (χ0) is 18.0. The summed E-state index contributed by atoms with van der Waals surface area (Å²) in [6, 6.07) is 20.7. The van der Waals surface area contributed by atoms with E-state index in [1.54, 1.807) is 0 Å². The fraction of sp³-hybridized carbons (Fsp3) is 0.409. The Morgan fingerprint density at radius 1 is 0.960 bits per heavy atom. The molecule has 2 aromatic carbocycles. The van der Waals surface area contributed by atoms with Crippen molar-refractivity contribution in [3.63, 3.8) is 0 Å². The predicted molar refractivity (Wildman–Crippen MR) is 104 cm³/mol. The number of benzene rings is 2. The Kier molecular flexibility index (Phi) is 7.68. The molecule has 0 radical (unpaired) electrons. The molecule has 2 N–H and O–H groups in total. The molecule has 2 aromatic rings. The largest absolute Gasteiger partial charge is 0.345 e. The summed E-state index contributed by atoms with van der Waals surface area (Å²) >= 11 is 0. The first-order valence-electron chi connectivity index (χ1n) is 9.31. The lowest BCUT2D eigenvalue weighted by Gasteiger charge is -2.35. The minimum Gasteiger partial charge on any atom is -0.345 e. The molecule has 3 nitrogen and oxygen atoms in total. The highest BCUT2D eigenvalue weighted by Gasteiger charge is 2.32. The number of nitrogens with one attached hydrogen (secondary N) is 2. The lowest BCUT2D eigenvalue weighted by molar-refractivity contribution is -0.122. The molecule has 0 aliphatic rings. The van der Waals surface area contributed by atoms with E-state index < -0.39 is 0 Å². The zero-order valence-corrected chi connectivity index (χ0v) is 15.4. The maximum atomic E-state index is 12.6. The molecular weight excluding hydrogens is 308 g/mol. The van der Waals surface area contributed by atoms with Gasteiger partial charge < -0.3 is 10.6 Å². The monoisotopic (exact) mass is 338 g/mol. The number of amides is 1. The van der Waals surface area contributed by atoms with E-state index in [0.717, 1.165) is 37.8 Å². The van der Waals surface area contributed by atoms with Crippen molar-refractivity contribution in [3.8, 4) is 0 Å². The van der Waals surface area contributed by atoms with Gasteiger partial charge in [-0.15, -0.1) is 0 Å². The third-order valence-corrected chi connectivity index (χ3v) is 4.65. The van der Waals surface area contributed by atoms with E-state index in [2.05, 4.69) is 60.9 Å². The van der Waals surface area contributed by atoms with Crippen LogP contribution in [0.15, 0.2) is 60.7 Å². The summed E-state index contributed by atoms with van der Waals surface area (Å²) in [5, 5.41) is 6.56. The van der Waals surface area contributed by atoms with Gasteiger partial charge in [0.15, 0.2) is 0 Å². The van der Waals surface area contributed by atoms with Crippen LogP contribution in [0.5, 0.6) is 0 Å². The number of hydrogen-bond donors (Lipinski definition) is 2. The number of carbonyl (C=O) groups is 1. The molecule has 0 fully saturated rings. The van der Waals surface area contributed by atoms with E-state index in [-0.39, 0.29) is 11.4 Å². The molecule has 0 aromatic heterocycles. The van der Waals surface area contributed by atoms with E-state index in [9.17, 15) is 4.79 Å². The van der Waals surface area contributed by atoms with E-state index in [1.807, 2.05) is 24.3 Å². The molecule has 1 atom stereocenters. The Morgan fingerprint density at radius 2 is 1.60 bits per heavy atom. The second kappa shape index (κ2) is 10.00. The summed E-state index contributed by atoms with van der Waals surface area (Å²) in [7, 11) is 0. The molecule has 1 unspecified atom stereocenters. The minimum atomic E-state index is -0.383. The Labute approximate surface area is 151 Å². The van der Waals surface area contributed by atoms with Gasteiger partial charge in [0.05, 0.1) is 12.1 Å². The normalized spacial score (nSPS) is 13.2. The summed E-state index contributed by atoms with van der Waals surface area (Å²) in [6.07, 6.45) is 3.85. The van der Waals surface area contributed by atoms with E-state index in [4.69, 9.17) is 0 Å². The molecule has 1 amide bonds. The van der Waals surface area contributed by atoms with E-state index >= 15 is 0 Å². The molecule has 0 aliphatic carbocycles. The van der Waals surface area contributed by atoms with Crippen LogP contribution in [0.4, 0.5) is 0 Å². The highest BCUT2D eigenvalue weighted by atomic mass is 16.2. The predicted octanol–water partition coefficient (Wildman–Crippen LogP) is 4.04. The summed E-state index contributed by atoms with van der Waals surface area (Å²) in [5.74, 6) is 0.0535. The van der Waals surface area contributed by atoms with Gasteiger partial charge in [-0.1, -0.05) is 80.9 Å². The Balaban J connectivity index is 2.18. The van der Waals surface area contributed by atoms with Gasteiger partial charge in [0.25, 0.3) is 0 Å². The molecule has 0 saturated heterocycles. The van der Waals surface area contributed by atoms with E-state index in [0.29, 0.717) is 6.54 Å². The first-order valence-corrected chi connectivity index (χ1v) is 9.31. The standard InChI is InChI=1S/C22H30N2O/c1-3-5-16-23-18-21(25)24-22(4-2,20-14-10-7-11-15-20)17-19-12-8-6-9-13-19/h6-15,23H,3-5,16-18H2,1-2H3,(H,24,25). The lowest BCUT2D eigenvalue weighted by Crippen LogP contribution is -2.50. The molecule has 0 heterocycles. The SMILES string of the molecule is CCCCNCC(=O)NC(CC)(Cc1ccccc1)c1ccccc1. The van der Waals surface area contributed by atoms with Crippen molar-refractivity contribution >= 4 is 5.91 Å². The number of carbonyl (C=O) groups excluding carboxylic acids is 1. The topological polar surface area (TPSA) is 41.1 Å². The quantitative estimate of drug-likeness (QED) is 0.642. The van der Waals surface area contributed by atoms with Crippen LogP contribution in [-0.2, 0) is 16.8 Å². The smallest absolute Gasteiger partial charge is 0.234 e. The van der Waals surface area contributed by atoms with Gasteiger partial charge in [0, 0.05) is 0 Å². The molecule has 0 bridgehead atoms. The van der Waals surface area contributed by atoms with Crippen LogP contribution in [0.1, 0.15) is 44.2 Å². The Bertz CT molecular complexity index is 627. The fourth-order valence-electron chi connectivity index (χ4n) is 3.15. The van der Waals surface area contributed by atoms with Crippen LogP contribution < -0.4 is 10.6 Å². The molecule has 3 heteroatoms. The molecule has 0 spiro atoms. The maximum Gasteiger partial charge on any atom is 0.234 e. The fourth-order valence-corrected chi connectivity index (χ4v) is 3.15. The van der Waals surface area contributed by atoms with Crippen molar-refractivity contribution in [1.82, 2.24) is 10.6 Å². The molecule has 0 aliphatic heterocycles. The first kappa shape index (κ1) is 19.2. The third kappa shape index (κ3) is 5.71. The zero-order valence-electron chi connectivity index (χ0n) is 15.4. The van der Waals surface area contributed by atoms with Crippen LogP contribution >= 0.6 is 0 Å². The summed E-state index contributed by atoms with van der Waals surface area (Å²) < 4.78 is 0. The van der Waals surface area contributed by atoms with Gasteiger partial charge >= 0.3 is 0 Å². The van der Waals surface area contributed by atoms with Crippen molar-refractivity contribution in [3.05, 3.63) is 71.8 Å². The second-order valence-corrected chi connectivity index (χ2v) is 6.54. The van der Waals surface area contributed by atoms with Gasteiger partial charge in [-0.3, -0.25) is 4.79 Å². The molecule has 134 valence electrons. The highest BCUT2D eigenvalue weighted by Crippen LogP contribution is 2.29. The van der Waals surface area contributed by atoms with Crippen LogP contribution in [-0.4, -0.2) is 19.0 Å². The second-order valence-electron chi connectivity index (χ2n) is 6.54. The van der Waals surface area contributed by atoms with Crippen molar-refractivity contribution in [2.24, 2.45) is 0 Å². The van der Waals surface area contributed by atoms with Gasteiger partial charge in [0.1, 0.15) is 0 Å². The average molecular weight is 338 g/mol. The minimum absolute atomic E-state index is 0.0535. The van der Waals surface area contributed by atoms with Crippen LogP contribution in [0, 0.1) is 0 Å². The van der Waals surface area contributed by atoms with Gasteiger partial charge in [-0.05, 0) is 36.9 Å². The van der Waals surface area contributed by atoms with Crippen LogP contribution in [0.2, 0.25) is 0 Å². The first-order chi connectivity index (χ1) is 12.2. The molecular formula is C22H30N2O. The van der Waals surface area contributed by atoms with Crippen LogP contribution in [0.3, 0.4) is 0 Å². The average Bonchev–Trinajstić information content (AvgIpc) is 2.66. The van der Waals surface area contributed by atoms with Crippen LogP contribution in [0.25, 0.3) is 0 Å². The summed E-state index contributed by atoms with van der Waals surface area (Å²) in [4.78, 5) is 12.6. The van der Waals surface area contributed by atoms with E-state index in [1.165, 1.54) is 5.56 Å². The van der Waals surface area contributed by atoms with Crippen molar-refractivity contribution in [1.29, 1.82) is 0 Å². The van der Waals surface area contributed by atoms with Crippen molar-refractivity contribution < 1.29 is 4.79 Å². The number of hydrogen-bond acceptors (Lipinski definition) is 2. The van der Waals surface area contributed by atoms with Gasteiger partial charge in [-0.25, -0.2) is 0 Å². The Hall–Kier alpha value is -2.13. The van der Waals surface area contributed by atoms with Gasteiger partial charge in [-0.2, -0.15) is 0 Å². The summed E-state index contributed by atoms with van der Waals surface area (Å²) in [5.41, 5.74) is 2.00. The molecule has 2 rings (SSSR count). The number of unbranched alkanes of at least 4 members (excludes halogenated alkanes) is 1. The summed E-state index contributed by atoms with van der Waals surface area (Å²) in [6.45, 7) is 5.54. The lowest BCUT2D eigenvalue weighted by atomic mass is 9.81. The molecule has 25 heavy (non-hydrogen) atoms. The van der Waals surface area contributed by atoms with Crippen molar-refractivity contribution in [2.75, 3.05) is 13.1 Å². The molecule has 0 saturated carbocycles. The Morgan fingerprint density at radius 3 is 2.20 bits per heavy atom. The maximum absolute atomic E-state index is 12.6. The highest BCUT2D eigenvalue weighted by molar-refractivity contribution is 5.79. The van der Waals surface area contributed by atoms with Crippen molar-refractivity contribution in [2.45, 2.75) is 45.1 Å². The van der Waals surface area contributed by atoms with Gasteiger partial charge in [0.2, 0.25) is 5.91 Å². The number of rotatable bonds is 10. The third-order valence-electron chi connectivity index (χ3n) is 4.65.